The molecule has 0 radical (unpaired) electrons. The molecule has 0 aromatic heterocycles. The van der Waals surface area contributed by atoms with Crippen molar-refractivity contribution in [2.75, 3.05) is 0 Å². The highest BCUT2D eigenvalue weighted by atomic mass is 13.9. The molecule has 0 unspecified atom stereocenters. The van der Waals surface area contributed by atoms with Crippen molar-refractivity contribution in [2.45, 2.75) is 26.7 Å². The average molecular weight is 160 g/mol. The van der Waals surface area contributed by atoms with Crippen LogP contribution in [-0.2, 0) is 6.42 Å². The first-order valence-corrected chi connectivity index (χ1v) is 4.52. The van der Waals surface area contributed by atoms with Gasteiger partial charge in [-0.1, -0.05) is 48.9 Å². The Morgan fingerprint density at radius 2 is 1.92 bits per heavy atom. The predicted octanol–water partition coefficient (Wildman–Crippen LogP) is 3.59. The standard InChI is InChI=1S/C12H16/c1-3-11(2)9-10-12-7-5-4-6-8-12/h4-9H,3,10H2,1-2H3. The lowest BCUT2D eigenvalue weighted by Gasteiger charge is -1.97. The summed E-state index contributed by atoms with van der Waals surface area (Å²) < 4.78 is 0. The molecule has 0 aliphatic carbocycles. The normalized spacial score (nSPS) is 11.7. The Labute approximate surface area is 74.9 Å². The van der Waals surface area contributed by atoms with Crippen LogP contribution in [0.1, 0.15) is 25.8 Å². The number of hydrogen-bond acceptors (Lipinski definition) is 0. The molecule has 0 aliphatic rings. The molecule has 1 aromatic carbocycles. The zero-order valence-electron chi connectivity index (χ0n) is 7.88. The van der Waals surface area contributed by atoms with Crippen LogP contribution in [0.15, 0.2) is 42.0 Å². The zero-order valence-corrected chi connectivity index (χ0v) is 7.88. The van der Waals surface area contributed by atoms with E-state index in [-0.39, 0.29) is 0 Å². The summed E-state index contributed by atoms with van der Waals surface area (Å²) >= 11 is 0. The highest BCUT2D eigenvalue weighted by molar-refractivity contribution is 5.18. The molecule has 0 nitrogen and oxygen atoms in total. The molecule has 0 heterocycles. The van der Waals surface area contributed by atoms with Gasteiger partial charge in [0, 0.05) is 0 Å². The Bertz CT molecular complexity index is 244. The van der Waals surface area contributed by atoms with Gasteiger partial charge in [-0.3, -0.25) is 0 Å². The second-order valence-corrected chi connectivity index (χ2v) is 3.09. The summed E-state index contributed by atoms with van der Waals surface area (Å²) in [5.41, 5.74) is 2.86. The minimum absolute atomic E-state index is 1.07. The molecule has 64 valence electrons. The van der Waals surface area contributed by atoms with Crippen molar-refractivity contribution in [1.29, 1.82) is 0 Å². The van der Waals surface area contributed by atoms with E-state index < -0.39 is 0 Å². The maximum Gasteiger partial charge on any atom is -0.00949 e. The van der Waals surface area contributed by atoms with E-state index in [2.05, 4.69) is 50.3 Å². The van der Waals surface area contributed by atoms with Crippen molar-refractivity contribution in [3.8, 4) is 0 Å². The molecule has 0 amide bonds. The van der Waals surface area contributed by atoms with Crippen LogP contribution < -0.4 is 0 Å². The number of benzene rings is 1. The topological polar surface area (TPSA) is 0 Å². The lowest BCUT2D eigenvalue weighted by molar-refractivity contribution is 1.07. The SMILES string of the molecule is CCC(C)=CCc1ccccc1. The molecule has 0 saturated carbocycles. The Balaban J connectivity index is 2.54. The highest BCUT2D eigenvalue weighted by Gasteiger charge is 1.87. The fourth-order valence-corrected chi connectivity index (χ4v) is 1.05. The maximum atomic E-state index is 2.30. The van der Waals surface area contributed by atoms with Crippen molar-refractivity contribution in [1.82, 2.24) is 0 Å². The van der Waals surface area contributed by atoms with E-state index in [4.69, 9.17) is 0 Å². The van der Waals surface area contributed by atoms with Gasteiger partial charge in [-0.2, -0.15) is 0 Å². The molecule has 0 bridgehead atoms. The van der Waals surface area contributed by atoms with Gasteiger partial charge in [0.05, 0.1) is 0 Å². The first-order chi connectivity index (χ1) is 5.83. The van der Waals surface area contributed by atoms with Gasteiger partial charge in [0.25, 0.3) is 0 Å². The summed E-state index contributed by atoms with van der Waals surface area (Å²) in [4.78, 5) is 0. The Kier molecular flexibility index (Phi) is 3.59. The van der Waals surface area contributed by atoms with Crippen molar-refractivity contribution in [3.05, 3.63) is 47.5 Å². The van der Waals surface area contributed by atoms with Crippen LogP contribution in [0.25, 0.3) is 0 Å². The third kappa shape index (κ3) is 2.91. The summed E-state index contributed by atoms with van der Waals surface area (Å²) in [6.45, 7) is 4.37. The molecule has 12 heavy (non-hydrogen) atoms. The number of allylic oxidation sites excluding steroid dienone is 2. The molecular formula is C12H16. The molecule has 1 rings (SSSR count). The molecule has 0 saturated heterocycles. The molecule has 0 atom stereocenters. The second-order valence-electron chi connectivity index (χ2n) is 3.09. The summed E-state index contributed by atoms with van der Waals surface area (Å²) in [6, 6.07) is 10.6. The van der Waals surface area contributed by atoms with Crippen molar-refractivity contribution >= 4 is 0 Å². The average Bonchev–Trinajstić information content (AvgIpc) is 2.16. The summed E-state index contributed by atoms with van der Waals surface area (Å²) in [5, 5.41) is 0. The van der Waals surface area contributed by atoms with Crippen LogP contribution >= 0.6 is 0 Å². The van der Waals surface area contributed by atoms with Gasteiger partial charge in [-0.25, -0.2) is 0 Å². The van der Waals surface area contributed by atoms with Gasteiger partial charge in [0.1, 0.15) is 0 Å². The van der Waals surface area contributed by atoms with Crippen LogP contribution in [-0.4, -0.2) is 0 Å². The van der Waals surface area contributed by atoms with Gasteiger partial charge in [0.2, 0.25) is 0 Å². The molecular weight excluding hydrogens is 144 g/mol. The van der Waals surface area contributed by atoms with Crippen molar-refractivity contribution in [2.24, 2.45) is 0 Å². The molecule has 0 spiro atoms. The van der Waals surface area contributed by atoms with Crippen molar-refractivity contribution < 1.29 is 0 Å². The van der Waals surface area contributed by atoms with Crippen LogP contribution in [0.5, 0.6) is 0 Å². The van der Waals surface area contributed by atoms with E-state index in [9.17, 15) is 0 Å². The summed E-state index contributed by atoms with van der Waals surface area (Å²) in [6.07, 6.45) is 4.53. The van der Waals surface area contributed by atoms with Crippen LogP contribution in [0.3, 0.4) is 0 Å². The maximum absolute atomic E-state index is 2.30. The zero-order chi connectivity index (χ0) is 8.81. The summed E-state index contributed by atoms with van der Waals surface area (Å²) in [7, 11) is 0. The first-order valence-electron chi connectivity index (χ1n) is 4.52. The van der Waals surface area contributed by atoms with E-state index in [0.717, 1.165) is 12.8 Å². The third-order valence-electron chi connectivity index (χ3n) is 2.09. The number of rotatable bonds is 3. The van der Waals surface area contributed by atoms with E-state index in [1.54, 1.807) is 0 Å². The first kappa shape index (κ1) is 9.05. The lowest BCUT2D eigenvalue weighted by Crippen LogP contribution is -1.80. The predicted molar refractivity (Wildman–Crippen MR) is 54.2 cm³/mol. The van der Waals surface area contributed by atoms with Gasteiger partial charge >= 0.3 is 0 Å². The minimum Gasteiger partial charge on any atom is -0.0812 e. The van der Waals surface area contributed by atoms with Crippen LogP contribution in [0.2, 0.25) is 0 Å². The Hall–Kier alpha value is -1.04. The van der Waals surface area contributed by atoms with Crippen LogP contribution in [0, 0.1) is 0 Å². The third-order valence-corrected chi connectivity index (χ3v) is 2.09. The molecule has 0 N–H and O–H groups in total. The highest BCUT2D eigenvalue weighted by Crippen LogP contribution is 2.04. The fraction of sp³-hybridized carbons (Fsp3) is 0.333. The molecule has 0 fully saturated rings. The van der Waals surface area contributed by atoms with E-state index in [1.807, 2.05) is 0 Å². The number of hydrogen-bond donors (Lipinski definition) is 0. The van der Waals surface area contributed by atoms with E-state index >= 15 is 0 Å². The van der Waals surface area contributed by atoms with Gasteiger partial charge < -0.3 is 0 Å². The quantitative estimate of drug-likeness (QED) is 0.593. The smallest absolute Gasteiger partial charge is 0.00949 e. The lowest BCUT2D eigenvalue weighted by atomic mass is 10.1. The Morgan fingerprint density at radius 1 is 1.25 bits per heavy atom. The summed E-state index contributed by atoms with van der Waals surface area (Å²) in [5.74, 6) is 0. The second kappa shape index (κ2) is 4.76. The largest absolute Gasteiger partial charge is 0.0812 e. The monoisotopic (exact) mass is 160 g/mol. The minimum atomic E-state index is 1.07. The van der Waals surface area contributed by atoms with Crippen LogP contribution in [0.4, 0.5) is 0 Å². The molecule has 0 aliphatic heterocycles. The van der Waals surface area contributed by atoms with Crippen molar-refractivity contribution in [3.63, 3.8) is 0 Å². The van der Waals surface area contributed by atoms with Gasteiger partial charge in [-0.05, 0) is 25.3 Å². The fourth-order valence-electron chi connectivity index (χ4n) is 1.05. The molecule has 1 aromatic rings. The van der Waals surface area contributed by atoms with E-state index in [1.165, 1.54) is 11.1 Å². The van der Waals surface area contributed by atoms with Gasteiger partial charge in [-0.15, -0.1) is 0 Å². The van der Waals surface area contributed by atoms with Gasteiger partial charge in [0.15, 0.2) is 0 Å². The Morgan fingerprint density at radius 3 is 2.50 bits per heavy atom. The molecule has 0 heteroatoms. The van der Waals surface area contributed by atoms with E-state index in [0.29, 0.717) is 0 Å².